The largest absolute Gasteiger partial charge is 0.307 e. The molecule has 0 saturated heterocycles. The van der Waals surface area contributed by atoms with Gasteiger partial charge in [0.25, 0.3) is 0 Å². The van der Waals surface area contributed by atoms with Crippen LogP contribution in [-0.4, -0.2) is 12.0 Å². The molecule has 0 radical (unpaired) electrons. The highest BCUT2D eigenvalue weighted by Crippen LogP contribution is 2.33. The number of nitrogens with zero attached hydrogens (tertiary/aromatic N) is 1. The van der Waals surface area contributed by atoms with Gasteiger partial charge >= 0.3 is 0 Å². The van der Waals surface area contributed by atoms with Crippen LogP contribution < -0.4 is 5.32 Å². The van der Waals surface area contributed by atoms with Gasteiger partial charge in [-0.25, -0.2) is 9.37 Å². The molecule has 4 heteroatoms. The van der Waals surface area contributed by atoms with Gasteiger partial charge in [0.15, 0.2) is 0 Å². The van der Waals surface area contributed by atoms with E-state index in [0.717, 1.165) is 29.0 Å². The normalized spacial score (nSPS) is 15.9. The van der Waals surface area contributed by atoms with Gasteiger partial charge in [-0.3, -0.25) is 0 Å². The van der Waals surface area contributed by atoms with Crippen molar-refractivity contribution in [1.29, 1.82) is 0 Å². The summed E-state index contributed by atoms with van der Waals surface area (Å²) in [5.41, 5.74) is 3.36. The fourth-order valence-electron chi connectivity index (χ4n) is 2.87. The highest BCUT2D eigenvalue weighted by atomic mass is 32.1. The van der Waals surface area contributed by atoms with E-state index < -0.39 is 0 Å². The molecular formula is C16H19FN2S. The summed E-state index contributed by atoms with van der Waals surface area (Å²) >= 11 is 1.81. The quantitative estimate of drug-likeness (QED) is 0.930. The Labute approximate surface area is 123 Å². The maximum atomic E-state index is 13.3. The minimum Gasteiger partial charge on any atom is -0.307 e. The lowest BCUT2D eigenvalue weighted by atomic mass is 10.0. The number of hydrogen-bond acceptors (Lipinski definition) is 3. The number of aryl methyl sites for hydroxylation is 3. The highest BCUT2D eigenvalue weighted by molar-refractivity contribution is 7.11. The van der Waals surface area contributed by atoms with Crippen molar-refractivity contribution in [3.8, 4) is 0 Å². The molecule has 0 spiro atoms. The van der Waals surface area contributed by atoms with E-state index in [1.165, 1.54) is 29.5 Å². The molecule has 0 bridgehead atoms. The first-order valence-corrected chi connectivity index (χ1v) is 7.92. The first kappa shape index (κ1) is 13.7. The van der Waals surface area contributed by atoms with Crippen molar-refractivity contribution in [1.82, 2.24) is 10.3 Å². The molecule has 1 aromatic carbocycles. The molecule has 0 saturated carbocycles. The topological polar surface area (TPSA) is 24.9 Å². The van der Waals surface area contributed by atoms with Crippen molar-refractivity contribution in [2.45, 2.75) is 38.6 Å². The second-order valence-corrected chi connectivity index (χ2v) is 6.47. The lowest BCUT2D eigenvalue weighted by Crippen LogP contribution is -2.18. The van der Waals surface area contributed by atoms with E-state index in [1.54, 1.807) is 6.07 Å². The van der Waals surface area contributed by atoms with Crippen molar-refractivity contribution in [2.24, 2.45) is 0 Å². The number of halogens is 1. The van der Waals surface area contributed by atoms with Gasteiger partial charge in [-0.05, 0) is 62.9 Å². The smallest absolute Gasteiger partial charge is 0.123 e. The molecule has 0 aliphatic heterocycles. The standard InChI is InChI=1S/C16H19FN2S/c1-10-9-11(17)7-8-12(10)15(18-2)16-19-13-5-3-4-6-14(13)20-16/h7-9,15,18H,3-6H2,1-2H3. The van der Waals surface area contributed by atoms with E-state index in [2.05, 4.69) is 5.32 Å². The molecule has 1 aromatic heterocycles. The number of rotatable bonds is 3. The summed E-state index contributed by atoms with van der Waals surface area (Å²) in [6.07, 6.45) is 4.78. The molecule has 3 rings (SSSR count). The van der Waals surface area contributed by atoms with E-state index in [1.807, 2.05) is 31.4 Å². The number of hydrogen-bond donors (Lipinski definition) is 1. The monoisotopic (exact) mass is 290 g/mol. The molecule has 1 heterocycles. The molecule has 2 nitrogen and oxygen atoms in total. The predicted molar refractivity (Wildman–Crippen MR) is 80.8 cm³/mol. The Kier molecular flexibility index (Phi) is 3.85. The van der Waals surface area contributed by atoms with Gasteiger partial charge in [0.2, 0.25) is 0 Å². The van der Waals surface area contributed by atoms with Crippen molar-refractivity contribution in [3.63, 3.8) is 0 Å². The average molecular weight is 290 g/mol. The minimum absolute atomic E-state index is 0.0613. The Morgan fingerprint density at radius 3 is 2.80 bits per heavy atom. The number of nitrogens with one attached hydrogen (secondary N) is 1. The van der Waals surface area contributed by atoms with Crippen molar-refractivity contribution >= 4 is 11.3 Å². The minimum atomic E-state index is -0.181. The first-order valence-electron chi connectivity index (χ1n) is 7.11. The maximum Gasteiger partial charge on any atom is 0.123 e. The number of aromatic nitrogens is 1. The second-order valence-electron chi connectivity index (χ2n) is 5.35. The number of fused-ring (bicyclic) bond motifs is 1. The van der Waals surface area contributed by atoms with Gasteiger partial charge in [0.05, 0.1) is 11.7 Å². The molecule has 1 atom stereocenters. The Morgan fingerprint density at radius 1 is 1.30 bits per heavy atom. The van der Waals surface area contributed by atoms with Gasteiger partial charge in [0.1, 0.15) is 10.8 Å². The summed E-state index contributed by atoms with van der Waals surface area (Å²) in [5, 5.41) is 4.44. The SMILES string of the molecule is CNC(c1nc2c(s1)CCCC2)c1ccc(F)cc1C. The zero-order valence-electron chi connectivity index (χ0n) is 11.9. The molecular weight excluding hydrogens is 271 g/mol. The summed E-state index contributed by atoms with van der Waals surface area (Å²) in [4.78, 5) is 6.26. The van der Waals surface area contributed by atoms with Crippen LogP contribution in [0.15, 0.2) is 18.2 Å². The Balaban J connectivity index is 1.98. The van der Waals surface area contributed by atoms with E-state index in [9.17, 15) is 4.39 Å². The fourth-order valence-corrected chi connectivity index (χ4v) is 4.15. The third-order valence-corrected chi connectivity index (χ3v) is 5.16. The van der Waals surface area contributed by atoms with Crippen LogP contribution in [-0.2, 0) is 12.8 Å². The average Bonchev–Trinajstić information content (AvgIpc) is 2.85. The molecule has 20 heavy (non-hydrogen) atoms. The number of benzene rings is 1. The maximum absolute atomic E-state index is 13.3. The van der Waals surface area contributed by atoms with Crippen LogP contribution in [0.1, 0.15) is 45.6 Å². The zero-order valence-corrected chi connectivity index (χ0v) is 12.7. The third kappa shape index (κ3) is 2.50. The summed E-state index contributed by atoms with van der Waals surface area (Å²) < 4.78 is 13.3. The van der Waals surface area contributed by atoms with Gasteiger partial charge in [-0.1, -0.05) is 6.07 Å². The lowest BCUT2D eigenvalue weighted by molar-refractivity contribution is 0.620. The van der Waals surface area contributed by atoms with E-state index in [4.69, 9.17) is 4.98 Å². The highest BCUT2D eigenvalue weighted by Gasteiger charge is 2.22. The third-order valence-electron chi connectivity index (χ3n) is 3.94. The summed E-state index contributed by atoms with van der Waals surface area (Å²) in [7, 11) is 1.94. The van der Waals surface area contributed by atoms with Gasteiger partial charge < -0.3 is 5.32 Å². The summed E-state index contributed by atoms with van der Waals surface area (Å²) in [6, 6.07) is 5.05. The molecule has 1 aliphatic rings. The lowest BCUT2D eigenvalue weighted by Gasteiger charge is -2.16. The zero-order chi connectivity index (χ0) is 14.1. The summed E-state index contributed by atoms with van der Waals surface area (Å²) in [5.74, 6) is -0.181. The second kappa shape index (κ2) is 5.62. The molecule has 2 aromatic rings. The van der Waals surface area contributed by atoms with Crippen molar-refractivity contribution in [2.75, 3.05) is 7.05 Å². The van der Waals surface area contributed by atoms with E-state index in [-0.39, 0.29) is 11.9 Å². The van der Waals surface area contributed by atoms with Crippen LogP contribution >= 0.6 is 11.3 Å². The van der Waals surface area contributed by atoms with Crippen LogP contribution in [0.2, 0.25) is 0 Å². The van der Waals surface area contributed by atoms with Crippen LogP contribution in [0.5, 0.6) is 0 Å². The molecule has 106 valence electrons. The Hall–Kier alpha value is -1.26. The van der Waals surface area contributed by atoms with Crippen LogP contribution in [0.3, 0.4) is 0 Å². The van der Waals surface area contributed by atoms with Gasteiger partial charge in [-0.2, -0.15) is 0 Å². The van der Waals surface area contributed by atoms with Crippen molar-refractivity contribution < 1.29 is 4.39 Å². The molecule has 0 fully saturated rings. The van der Waals surface area contributed by atoms with Crippen LogP contribution in [0.25, 0.3) is 0 Å². The molecule has 1 aliphatic carbocycles. The van der Waals surface area contributed by atoms with Crippen molar-refractivity contribution in [3.05, 3.63) is 50.7 Å². The van der Waals surface area contributed by atoms with Gasteiger partial charge in [-0.15, -0.1) is 11.3 Å². The molecule has 1 N–H and O–H groups in total. The van der Waals surface area contributed by atoms with Crippen LogP contribution in [0, 0.1) is 12.7 Å². The predicted octanol–water partition coefficient (Wildman–Crippen LogP) is 3.78. The Bertz CT molecular complexity index is 597. The van der Waals surface area contributed by atoms with E-state index >= 15 is 0 Å². The molecule has 0 amide bonds. The van der Waals surface area contributed by atoms with Crippen LogP contribution in [0.4, 0.5) is 4.39 Å². The first-order chi connectivity index (χ1) is 9.69. The summed E-state index contributed by atoms with van der Waals surface area (Å²) in [6.45, 7) is 1.95. The molecule has 1 unspecified atom stereocenters. The number of thiazole rings is 1. The van der Waals surface area contributed by atoms with E-state index in [0.29, 0.717) is 0 Å². The van der Waals surface area contributed by atoms with Gasteiger partial charge in [0, 0.05) is 4.88 Å². The Morgan fingerprint density at radius 2 is 2.10 bits per heavy atom. The fraction of sp³-hybridized carbons (Fsp3) is 0.438.